The van der Waals surface area contributed by atoms with Gasteiger partial charge in [0.25, 0.3) is 0 Å². The lowest BCUT2D eigenvalue weighted by molar-refractivity contribution is 1.35. The Balaban J connectivity index is 2.83. The third kappa shape index (κ3) is 1.45. The first-order valence-corrected chi connectivity index (χ1v) is 5.66. The molecule has 62 valence electrons. The van der Waals surface area contributed by atoms with Crippen molar-refractivity contribution in [2.75, 3.05) is 0 Å². The van der Waals surface area contributed by atoms with Crippen LogP contribution < -0.4 is 0 Å². The molecule has 0 fully saturated rings. The first-order chi connectivity index (χ1) is 5.66. The molecule has 0 radical (unpaired) electrons. The Kier molecular flexibility index (Phi) is 2.27. The first-order valence-electron chi connectivity index (χ1n) is 3.39. The fourth-order valence-electron chi connectivity index (χ4n) is 1.04. The van der Waals surface area contributed by atoms with Crippen LogP contribution in [0.25, 0.3) is 10.2 Å². The maximum atomic E-state index is 5.95. The van der Waals surface area contributed by atoms with Crippen molar-refractivity contribution in [3.63, 3.8) is 0 Å². The molecule has 0 atom stereocenters. The summed E-state index contributed by atoms with van der Waals surface area (Å²) in [5.74, 6) is 0. The highest BCUT2D eigenvalue weighted by Crippen LogP contribution is 2.28. The molecule has 0 bridgehead atoms. The number of aryl methyl sites for hydroxylation is 1. The van der Waals surface area contributed by atoms with Gasteiger partial charge in [0.2, 0.25) is 0 Å². The summed E-state index contributed by atoms with van der Waals surface area (Å²) in [6.45, 7) is 2.01. The third-order valence-electron chi connectivity index (χ3n) is 1.54. The van der Waals surface area contributed by atoms with Gasteiger partial charge in [0.15, 0.2) is 0 Å². The first kappa shape index (κ1) is 8.72. The van der Waals surface area contributed by atoms with Crippen molar-refractivity contribution < 1.29 is 0 Å². The van der Waals surface area contributed by atoms with Crippen molar-refractivity contribution in [1.29, 1.82) is 0 Å². The molecule has 2 rings (SSSR count). The molecule has 4 heteroatoms. The molecule has 0 aliphatic carbocycles. The van der Waals surface area contributed by atoms with Crippen LogP contribution >= 0.6 is 45.5 Å². The van der Waals surface area contributed by atoms with Gasteiger partial charge in [-0.1, -0.05) is 11.6 Å². The van der Waals surface area contributed by atoms with Crippen molar-refractivity contribution in [3.8, 4) is 0 Å². The quantitative estimate of drug-likeness (QED) is 0.673. The zero-order chi connectivity index (χ0) is 8.72. The van der Waals surface area contributed by atoms with Gasteiger partial charge in [-0.3, -0.25) is 0 Å². The number of fused-ring (bicyclic) bond motifs is 1. The number of nitrogens with zero attached hydrogens (tertiary/aromatic N) is 1. The Morgan fingerprint density at radius 3 is 3.00 bits per heavy atom. The van der Waals surface area contributed by atoms with Crippen LogP contribution in [0.3, 0.4) is 0 Å². The highest BCUT2D eigenvalue weighted by molar-refractivity contribution is 14.1. The SMILES string of the molecule is Cc1nc2cc(Cl)c(I)cc2s1. The zero-order valence-electron chi connectivity index (χ0n) is 6.27. The molecule has 2 aromatic rings. The van der Waals surface area contributed by atoms with Gasteiger partial charge in [-0.15, -0.1) is 11.3 Å². The van der Waals surface area contributed by atoms with Gasteiger partial charge in [-0.25, -0.2) is 4.98 Å². The van der Waals surface area contributed by atoms with E-state index in [0.717, 1.165) is 19.1 Å². The van der Waals surface area contributed by atoms with Crippen LogP contribution in [0, 0.1) is 10.5 Å². The van der Waals surface area contributed by atoms with Crippen molar-refractivity contribution in [2.24, 2.45) is 0 Å². The van der Waals surface area contributed by atoms with Crippen LogP contribution in [0.1, 0.15) is 5.01 Å². The molecular weight excluding hydrogens is 305 g/mol. The summed E-state index contributed by atoms with van der Waals surface area (Å²) < 4.78 is 2.30. The van der Waals surface area contributed by atoms with Crippen molar-refractivity contribution in [3.05, 3.63) is 25.7 Å². The minimum atomic E-state index is 0.786. The van der Waals surface area contributed by atoms with Gasteiger partial charge in [0, 0.05) is 3.57 Å². The summed E-state index contributed by atoms with van der Waals surface area (Å²) in [6.07, 6.45) is 0. The van der Waals surface area contributed by atoms with Gasteiger partial charge in [-0.05, 0) is 41.6 Å². The number of aromatic nitrogens is 1. The van der Waals surface area contributed by atoms with E-state index in [2.05, 4.69) is 33.6 Å². The Hall–Kier alpha value is 0.130. The molecular formula is C8H5ClINS. The van der Waals surface area contributed by atoms with Crippen molar-refractivity contribution >= 4 is 55.7 Å². The largest absolute Gasteiger partial charge is 0.241 e. The molecule has 12 heavy (non-hydrogen) atoms. The predicted octanol–water partition coefficient (Wildman–Crippen LogP) is 3.86. The fourth-order valence-corrected chi connectivity index (χ4v) is 2.72. The van der Waals surface area contributed by atoms with E-state index in [0.29, 0.717) is 0 Å². The summed E-state index contributed by atoms with van der Waals surface area (Å²) in [7, 11) is 0. The summed E-state index contributed by atoms with van der Waals surface area (Å²) >= 11 is 9.88. The minimum absolute atomic E-state index is 0.786. The van der Waals surface area contributed by atoms with Crippen LogP contribution in [-0.4, -0.2) is 4.98 Å². The van der Waals surface area contributed by atoms with Crippen molar-refractivity contribution in [1.82, 2.24) is 4.98 Å². The van der Waals surface area contributed by atoms with Gasteiger partial charge in [0.1, 0.15) is 0 Å². The maximum absolute atomic E-state index is 5.95. The number of thiazole rings is 1. The highest BCUT2D eigenvalue weighted by Gasteiger charge is 2.03. The van der Waals surface area contributed by atoms with Gasteiger partial charge >= 0.3 is 0 Å². The second-order valence-corrected chi connectivity index (χ2v) is 5.27. The summed E-state index contributed by atoms with van der Waals surface area (Å²) in [5.41, 5.74) is 1.00. The normalized spacial score (nSPS) is 10.9. The standard InChI is InChI=1S/C8H5ClINS/c1-4-11-7-2-5(9)6(10)3-8(7)12-4/h2-3H,1H3. The maximum Gasteiger partial charge on any atom is 0.0907 e. The van der Waals surface area contributed by atoms with Crippen molar-refractivity contribution in [2.45, 2.75) is 6.92 Å². The van der Waals surface area contributed by atoms with Crippen LogP contribution in [-0.2, 0) is 0 Å². The fraction of sp³-hybridized carbons (Fsp3) is 0.125. The molecule has 0 saturated carbocycles. The Labute approximate surface area is 92.9 Å². The van der Waals surface area contributed by atoms with E-state index in [1.165, 1.54) is 4.70 Å². The lowest BCUT2D eigenvalue weighted by atomic mass is 10.3. The lowest BCUT2D eigenvalue weighted by Crippen LogP contribution is -1.74. The summed E-state index contributed by atoms with van der Waals surface area (Å²) in [6, 6.07) is 3.99. The van der Waals surface area contributed by atoms with Crippen LogP contribution in [0.15, 0.2) is 12.1 Å². The zero-order valence-corrected chi connectivity index (χ0v) is 10.00. The second-order valence-electron chi connectivity index (χ2n) is 2.47. The number of hydrogen-bond acceptors (Lipinski definition) is 2. The Morgan fingerprint density at radius 2 is 2.25 bits per heavy atom. The summed E-state index contributed by atoms with van der Waals surface area (Å²) in [5, 5.41) is 1.87. The van der Waals surface area contributed by atoms with E-state index in [4.69, 9.17) is 11.6 Å². The van der Waals surface area contributed by atoms with Gasteiger partial charge in [-0.2, -0.15) is 0 Å². The Bertz CT molecular complexity index is 399. The number of hydrogen-bond donors (Lipinski definition) is 0. The van der Waals surface area contributed by atoms with Gasteiger partial charge < -0.3 is 0 Å². The van der Waals surface area contributed by atoms with Gasteiger partial charge in [0.05, 0.1) is 20.2 Å². The van der Waals surface area contributed by atoms with E-state index >= 15 is 0 Å². The molecule has 0 aliphatic heterocycles. The molecule has 0 unspecified atom stereocenters. The number of rotatable bonds is 0. The topological polar surface area (TPSA) is 12.9 Å². The van der Waals surface area contributed by atoms with Crippen LogP contribution in [0.2, 0.25) is 5.02 Å². The van der Waals surface area contributed by atoms with E-state index in [9.17, 15) is 0 Å². The molecule has 0 saturated heterocycles. The molecule has 1 aromatic heterocycles. The second kappa shape index (κ2) is 3.12. The molecule has 1 nitrogen and oxygen atoms in total. The van der Waals surface area contributed by atoms with E-state index < -0.39 is 0 Å². The molecule has 1 heterocycles. The highest BCUT2D eigenvalue weighted by atomic mass is 127. The van der Waals surface area contributed by atoms with E-state index in [1.54, 1.807) is 11.3 Å². The van der Waals surface area contributed by atoms with E-state index in [1.807, 2.05) is 13.0 Å². The third-order valence-corrected chi connectivity index (χ3v) is 4.00. The monoisotopic (exact) mass is 309 g/mol. The molecule has 0 aliphatic rings. The van der Waals surface area contributed by atoms with E-state index in [-0.39, 0.29) is 0 Å². The number of benzene rings is 1. The average Bonchev–Trinajstić information content (AvgIpc) is 2.30. The average molecular weight is 310 g/mol. The predicted molar refractivity (Wildman–Crippen MR) is 62.1 cm³/mol. The molecule has 0 spiro atoms. The lowest BCUT2D eigenvalue weighted by Gasteiger charge is -1.93. The summed E-state index contributed by atoms with van der Waals surface area (Å²) in [4.78, 5) is 4.35. The molecule has 0 amide bonds. The minimum Gasteiger partial charge on any atom is -0.241 e. The smallest absolute Gasteiger partial charge is 0.0907 e. The number of halogens is 2. The Morgan fingerprint density at radius 1 is 1.50 bits per heavy atom. The van der Waals surface area contributed by atoms with Crippen LogP contribution in [0.4, 0.5) is 0 Å². The molecule has 1 aromatic carbocycles. The molecule has 0 N–H and O–H groups in total. The van der Waals surface area contributed by atoms with Crippen LogP contribution in [0.5, 0.6) is 0 Å².